The van der Waals surface area contributed by atoms with E-state index < -0.39 is 29.7 Å². The van der Waals surface area contributed by atoms with E-state index in [1.807, 2.05) is 0 Å². The zero-order chi connectivity index (χ0) is 16.0. The molecule has 3 unspecified atom stereocenters. The van der Waals surface area contributed by atoms with E-state index in [9.17, 15) is 14.4 Å². The minimum absolute atomic E-state index is 0.172. The monoisotopic (exact) mass is 298 g/mol. The molecular formula is C15H22O6. The van der Waals surface area contributed by atoms with Gasteiger partial charge in [0.2, 0.25) is 0 Å². The number of carbonyl (C=O) groups is 3. The molecule has 21 heavy (non-hydrogen) atoms. The van der Waals surface area contributed by atoms with E-state index in [0.29, 0.717) is 31.3 Å². The Morgan fingerprint density at radius 2 is 1.76 bits per heavy atom. The highest BCUT2D eigenvalue weighted by Crippen LogP contribution is 2.36. The molecule has 1 rings (SSSR count). The van der Waals surface area contributed by atoms with Crippen LogP contribution in [0.25, 0.3) is 0 Å². The summed E-state index contributed by atoms with van der Waals surface area (Å²) in [5, 5.41) is 18.2. The second kappa shape index (κ2) is 7.81. The van der Waals surface area contributed by atoms with Crippen LogP contribution < -0.4 is 0 Å². The van der Waals surface area contributed by atoms with Crippen molar-refractivity contribution in [2.45, 2.75) is 39.0 Å². The molecule has 1 aliphatic rings. The van der Waals surface area contributed by atoms with Crippen LogP contribution in [0.2, 0.25) is 0 Å². The summed E-state index contributed by atoms with van der Waals surface area (Å²) in [4.78, 5) is 33.4. The van der Waals surface area contributed by atoms with E-state index in [4.69, 9.17) is 14.9 Å². The molecule has 0 amide bonds. The molecule has 0 aliphatic heterocycles. The molecule has 1 saturated carbocycles. The lowest BCUT2D eigenvalue weighted by atomic mass is 9.73. The van der Waals surface area contributed by atoms with Crippen LogP contribution >= 0.6 is 0 Å². The standard InChI is InChI=1S/C15H22O6/c1-9(2)15(20)21-7-3-4-10-5-6-11(13(16)17)12(8-10)14(18)19/h10-12H,1,3-8H2,2H3,(H,16,17)(H,18,19). The Hall–Kier alpha value is -1.85. The molecule has 118 valence electrons. The highest BCUT2D eigenvalue weighted by Gasteiger charge is 2.39. The van der Waals surface area contributed by atoms with Crippen molar-refractivity contribution in [2.75, 3.05) is 6.61 Å². The number of carbonyl (C=O) groups excluding carboxylic acids is 1. The number of aliphatic carboxylic acids is 2. The van der Waals surface area contributed by atoms with Crippen molar-refractivity contribution in [3.8, 4) is 0 Å². The molecule has 1 fully saturated rings. The van der Waals surface area contributed by atoms with Crippen LogP contribution in [0.3, 0.4) is 0 Å². The average Bonchev–Trinajstić information content (AvgIpc) is 2.42. The number of hydrogen-bond donors (Lipinski definition) is 2. The van der Waals surface area contributed by atoms with Gasteiger partial charge >= 0.3 is 17.9 Å². The molecule has 3 atom stereocenters. The quantitative estimate of drug-likeness (QED) is 0.424. The average molecular weight is 298 g/mol. The number of ether oxygens (including phenoxy) is 1. The molecule has 6 heteroatoms. The number of carboxylic acid groups (broad SMARTS) is 2. The predicted octanol–water partition coefficient (Wildman–Crippen LogP) is 2.09. The SMILES string of the molecule is C=C(C)C(=O)OCCCC1CCC(C(=O)O)C(C(=O)O)C1. The lowest BCUT2D eigenvalue weighted by molar-refractivity contribution is -0.156. The lowest BCUT2D eigenvalue weighted by Crippen LogP contribution is -2.35. The first-order valence-corrected chi connectivity index (χ1v) is 7.11. The number of hydrogen-bond acceptors (Lipinski definition) is 4. The van der Waals surface area contributed by atoms with Gasteiger partial charge < -0.3 is 14.9 Å². The molecule has 0 spiro atoms. The first kappa shape index (κ1) is 17.2. The number of esters is 1. The van der Waals surface area contributed by atoms with E-state index in [-0.39, 0.29) is 12.5 Å². The van der Waals surface area contributed by atoms with Gasteiger partial charge in [0.1, 0.15) is 0 Å². The third-order valence-corrected chi connectivity index (χ3v) is 3.93. The summed E-state index contributed by atoms with van der Waals surface area (Å²) in [5.74, 6) is -3.94. The molecule has 1 aliphatic carbocycles. The Kier molecular flexibility index (Phi) is 6.39. The number of carboxylic acids is 2. The maximum Gasteiger partial charge on any atom is 0.333 e. The van der Waals surface area contributed by atoms with Crippen LogP contribution in [-0.4, -0.2) is 34.7 Å². The van der Waals surface area contributed by atoms with E-state index >= 15 is 0 Å². The fraction of sp³-hybridized carbons (Fsp3) is 0.667. The lowest BCUT2D eigenvalue weighted by Gasteiger charge is -2.31. The van der Waals surface area contributed by atoms with E-state index in [2.05, 4.69) is 6.58 Å². The van der Waals surface area contributed by atoms with Crippen molar-refractivity contribution in [3.63, 3.8) is 0 Å². The smallest absolute Gasteiger partial charge is 0.333 e. The zero-order valence-electron chi connectivity index (χ0n) is 12.2. The first-order valence-electron chi connectivity index (χ1n) is 7.11. The highest BCUT2D eigenvalue weighted by atomic mass is 16.5. The van der Waals surface area contributed by atoms with Gasteiger partial charge in [-0.15, -0.1) is 0 Å². The minimum Gasteiger partial charge on any atom is -0.481 e. The predicted molar refractivity (Wildman–Crippen MR) is 74.6 cm³/mol. The Balaban J connectivity index is 2.38. The molecule has 0 heterocycles. The van der Waals surface area contributed by atoms with Gasteiger partial charge in [-0.2, -0.15) is 0 Å². The van der Waals surface area contributed by atoms with Gasteiger partial charge in [0, 0.05) is 5.57 Å². The summed E-state index contributed by atoms with van der Waals surface area (Å²) in [6.45, 7) is 5.34. The molecule has 0 saturated heterocycles. The summed E-state index contributed by atoms with van der Waals surface area (Å²) in [7, 11) is 0. The summed E-state index contributed by atoms with van der Waals surface area (Å²) in [5.41, 5.74) is 0.350. The van der Waals surface area contributed by atoms with Gasteiger partial charge in [0.15, 0.2) is 0 Å². The van der Waals surface area contributed by atoms with Crippen molar-refractivity contribution in [3.05, 3.63) is 12.2 Å². The minimum atomic E-state index is -1.04. The molecule has 6 nitrogen and oxygen atoms in total. The van der Waals surface area contributed by atoms with Crippen molar-refractivity contribution in [1.82, 2.24) is 0 Å². The third kappa shape index (κ3) is 5.21. The summed E-state index contributed by atoms with van der Waals surface area (Å²) < 4.78 is 4.98. The van der Waals surface area contributed by atoms with Gasteiger partial charge in [-0.25, -0.2) is 4.79 Å². The van der Waals surface area contributed by atoms with Crippen LogP contribution in [0.4, 0.5) is 0 Å². The van der Waals surface area contributed by atoms with Crippen molar-refractivity contribution >= 4 is 17.9 Å². The molecule has 0 bridgehead atoms. The van der Waals surface area contributed by atoms with Crippen molar-refractivity contribution in [2.24, 2.45) is 17.8 Å². The summed E-state index contributed by atoms with van der Waals surface area (Å²) in [6, 6.07) is 0. The molecule has 0 radical (unpaired) electrons. The molecule has 0 aromatic heterocycles. The third-order valence-electron chi connectivity index (χ3n) is 3.93. The second-order valence-electron chi connectivity index (χ2n) is 5.63. The maximum atomic E-state index is 11.2. The highest BCUT2D eigenvalue weighted by molar-refractivity contribution is 5.86. The Bertz CT molecular complexity index is 428. The van der Waals surface area contributed by atoms with E-state index in [1.165, 1.54) is 0 Å². The van der Waals surface area contributed by atoms with Gasteiger partial charge in [0.05, 0.1) is 18.4 Å². The van der Waals surface area contributed by atoms with E-state index in [0.717, 1.165) is 6.42 Å². The van der Waals surface area contributed by atoms with E-state index in [1.54, 1.807) is 6.92 Å². The van der Waals surface area contributed by atoms with Crippen LogP contribution in [0.1, 0.15) is 39.0 Å². The van der Waals surface area contributed by atoms with Crippen LogP contribution in [0, 0.1) is 17.8 Å². The normalized spacial score (nSPS) is 25.1. The van der Waals surface area contributed by atoms with Gasteiger partial charge in [-0.3, -0.25) is 9.59 Å². The summed E-state index contributed by atoms with van der Waals surface area (Å²) in [6.07, 6.45) is 2.85. The summed E-state index contributed by atoms with van der Waals surface area (Å²) >= 11 is 0. The van der Waals surface area contributed by atoms with Gasteiger partial charge in [0.25, 0.3) is 0 Å². The van der Waals surface area contributed by atoms with Crippen molar-refractivity contribution in [1.29, 1.82) is 0 Å². The first-order chi connectivity index (χ1) is 9.82. The van der Waals surface area contributed by atoms with Crippen molar-refractivity contribution < 1.29 is 29.3 Å². The number of rotatable bonds is 7. The Morgan fingerprint density at radius 1 is 1.14 bits per heavy atom. The largest absolute Gasteiger partial charge is 0.481 e. The Morgan fingerprint density at radius 3 is 2.29 bits per heavy atom. The van der Waals surface area contributed by atoms with Gasteiger partial charge in [-0.05, 0) is 44.9 Å². The fourth-order valence-electron chi connectivity index (χ4n) is 2.75. The van der Waals surface area contributed by atoms with Crippen LogP contribution in [-0.2, 0) is 19.1 Å². The zero-order valence-corrected chi connectivity index (χ0v) is 12.2. The van der Waals surface area contributed by atoms with Crippen LogP contribution in [0.5, 0.6) is 0 Å². The second-order valence-corrected chi connectivity index (χ2v) is 5.63. The Labute approximate surface area is 123 Å². The topological polar surface area (TPSA) is 101 Å². The molecule has 2 N–H and O–H groups in total. The van der Waals surface area contributed by atoms with Gasteiger partial charge in [-0.1, -0.05) is 6.58 Å². The molecular weight excluding hydrogens is 276 g/mol. The fourth-order valence-corrected chi connectivity index (χ4v) is 2.75. The molecule has 0 aromatic rings. The maximum absolute atomic E-state index is 11.2. The molecule has 0 aromatic carbocycles. The van der Waals surface area contributed by atoms with Crippen LogP contribution in [0.15, 0.2) is 12.2 Å².